The zero-order chi connectivity index (χ0) is 21.5. The Morgan fingerprint density at radius 1 is 1.31 bits per heavy atom. The van der Waals surface area contributed by atoms with E-state index >= 15 is 0 Å². The Balaban J connectivity index is 1.19. The molecule has 0 radical (unpaired) electrons. The molecule has 1 amide bonds. The summed E-state index contributed by atoms with van der Waals surface area (Å²) in [4.78, 5) is 25.8. The summed E-state index contributed by atoms with van der Waals surface area (Å²) in [6.45, 7) is 6.54. The minimum atomic E-state index is 0.0883. The molecule has 2 N–H and O–H groups in total. The van der Waals surface area contributed by atoms with Crippen molar-refractivity contribution in [2.75, 3.05) is 44.7 Å². The number of ether oxygens (including phenoxy) is 1. The van der Waals surface area contributed by atoms with Crippen LogP contribution < -0.4 is 10.6 Å². The Kier molecular flexibility index (Phi) is 5.68. The van der Waals surface area contributed by atoms with Crippen molar-refractivity contribution in [2.24, 2.45) is 11.8 Å². The molecular formula is C23H27N5O2S2. The zero-order valence-corrected chi connectivity index (χ0v) is 19.6. The Morgan fingerprint density at radius 2 is 2.25 bits per heavy atom. The van der Waals surface area contributed by atoms with Gasteiger partial charge in [0.05, 0.1) is 17.5 Å². The van der Waals surface area contributed by atoms with Crippen LogP contribution in [0.25, 0.3) is 20.8 Å². The molecule has 3 aliphatic heterocycles. The summed E-state index contributed by atoms with van der Waals surface area (Å²) >= 11 is 3.37. The second kappa shape index (κ2) is 8.79. The van der Waals surface area contributed by atoms with Crippen molar-refractivity contribution in [1.29, 1.82) is 0 Å². The minimum Gasteiger partial charge on any atom is -0.381 e. The van der Waals surface area contributed by atoms with Gasteiger partial charge in [0.15, 0.2) is 0 Å². The van der Waals surface area contributed by atoms with Gasteiger partial charge in [-0.15, -0.1) is 22.7 Å². The normalized spacial score (nSPS) is 23.2. The first kappa shape index (κ1) is 20.7. The highest BCUT2D eigenvalue weighted by molar-refractivity contribution is 7.22. The summed E-state index contributed by atoms with van der Waals surface area (Å²) in [6.07, 6.45) is 6.28. The molecule has 0 bridgehead atoms. The fourth-order valence-electron chi connectivity index (χ4n) is 5.12. The van der Waals surface area contributed by atoms with Crippen molar-refractivity contribution in [3.05, 3.63) is 28.9 Å². The first-order valence-electron chi connectivity index (χ1n) is 11.4. The summed E-state index contributed by atoms with van der Waals surface area (Å²) in [5.41, 5.74) is 3.36. The second-order valence-electron chi connectivity index (χ2n) is 8.94. The smallest absolute Gasteiger partial charge is 0.226 e. The number of aromatic nitrogens is 2. The number of pyridine rings is 1. The Labute approximate surface area is 195 Å². The van der Waals surface area contributed by atoms with E-state index < -0.39 is 0 Å². The molecule has 168 valence electrons. The number of nitrogens with zero attached hydrogens (tertiary/aromatic N) is 3. The number of amides is 1. The van der Waals surface area contributed by atoms with Gasteiger partial charge in [0.25, 0.3) is 0 Å². The molecule has 9 heteroatoms. The maximum Gasteiger partial charge on any atom is 0.226 e. The van der Waals surface area contributed by atoms with Gasteiger partial charge in [-0.1, -0.05) is 0 Å². The largest absolute Gasteiger partial charge is 0.381 e. The van der Waals surface area contributed by atoms with Crippen LogP contribution in [0.3, 0.4) is 0 Å². The Morgan fingerprint density at radius 3 is 3.19 bits per heavy atom. The molecule has 0 spiro atoms. The van der Waals surface area contributed by atoms with Crippen molar-refractivity contribution in [3.8, 4) is 10.6 Å². The summed E-state index contributed by atoms with van der Waals surface area (Å²) < 4.78 is 6.77. The van der Waals surface area contributed by atoms with Gasteiger partial charge in [-0.05, 0) is 43.5 Å². The number of anilines is 1. The molecule has 7 nitrogen and oxygen atoms in total. The SMILES string of the molecule is O=C(CCN1CCC2COCC2C1)Nc1sc2c(c1-c1nc3cnccc3s1)CCNC2. The monoisotopic (exact) mass is 469 g/mol. The summed E-state index contributed by atoms with van der Waals surface area (Å²) in [7, 11) is 0. The van der Waals surface area contributed by atoms with E-state index in [2.05, 4.69) is 20.5 Å². The van der Waals surface area contributed by atoms with E-state index in [1.807, 2.05) is 12.3 Å². The number of hydrogen-bond acceptors (Lipinski definition) is 8. The lowest BCUT2D eigenvalue weighted by Gasteiger charge is -2.33. The van der Waals surface area contributed by atoms with Gasteiger partial charge in [0, 0.05) is 55.2 Å². The number of thiazole rings is 1. The molecule has 3 aromatic heterocycles. The summed E-state index contributed by atoms with van der Waals surface area (Å²) in [6, 6.07) is 2.01. The Bertz CT molecular complexity index is 1110. The highest BCUT2D eigenvalue weighted by Gasteiger charge is 2.33. The zero-order valence-electron chi connectivity index (χ0n) is 17.9. The van der Waals surface area contributed by atoms with Crippen LogP contribution in [0.2, 0.25) is 0 Å². The van der Waals surface area contributed by atoms with Gasteiger partial charge >= 0.3 is 0 Å². The van der Waals surface area contributed by atoms with Gasteiger partial charge in [-0.25, -0.2) is 4.98 Å². The van der Waals surface area contributed by atoms with Crippen molar-refractivity contribution >= 4 is 43.8 Å². The van der Waals surface area contributed by atoms with Crippen LogP contribution in [0, 0.1) is 11.8 Å². The molecule has 0 aromatic carbocycles. The average molecular weight is 470 g/mol. The van der Waals surface area contributed by atoms with Gasteiger partial charge in [-0.2, -0.15) is 0 Å². The van der Waals surface area contributed by atoms with Crippen LogP contribution >= 0.6 is 22.7 Å². The van der Waals surface area contributed by atoms with Crippen molar-refractivity contribution in [3.63, 3.8) is 0 Å². The van der Waals surface area contributed by atoms with Gasteiger partial charge < -0.3 is 20.3 Å². The summed E-state index contributed by atoms with van der Waals surface area (Å²) in [5, 5.41) is 8.62. The number of carbonyl (C=O) groups excluding carboxylic acids is 1. The molecule has 3 aromatic rings. The third-order valence-corrected chi connectivity index (χ3v) is 9.08. The van der Waals surface area contributed by atoms with Crippen LogP contribution in [0.5, 0.6) is 0 Å². The number of thiophene rings is 1. The predicted molar refractivity (Wildman–Crippen MR) is 128 cm³/mol. The molecule has 2 atom stereocenters. The number of nitrogens with one attached hydrogen (secondary N) is 2. The Hall–Kier alpha value is -1.91. The highest BCUT2D eigenvalue weighted by Crippen LogP contribution is 2.44. The van der Waals surface area contributed by atoms with Crippen LogP contribution in [0.1, 0.15) is 23.3 Å². The molecule has 0 saturated carbocycles. The topological polar surface area (TPSA) is 79.4 Å². The maximum atomic E-state index is 13.0. The van der Waals surface area contributed by atoms with E-state index in [0.29, 0.717) is 12.3 Å². The standard InChI is InChI=1S/C23H27N5O2S2/c29-20(4-8-28-7-3-14-12-30-13-15(14)11-28)27-23-21(16-1-5-25-10-19(16)32-23)22-26-17-9-24-6-2-18(17)31-22/h2,6,9,14-15,25H,1,3-5,7-8,10-13H2,(H,27,29). The fourth-order valence-corrected chi connectivity index (χ4v) is 7.43. The summed E-state index contributed by atoms with van der Waals surface area (Å²) in [5.74, 6) is 1.45. The molecule has 0 aliphatic carbocycles. The number of carbonyl (C=O) groups is 1. The number of piperidine rings is 1. The quantitative estimate of drug-likeness (QED) is 0.597. The molecule has 3 aliphatic rings. The number of hydrogen-bond donors (Lipinski definition) is 2. The molecule has 6 rings (SSSR count). The molecule has 32 heavy (non-hydrogen) atoms. The van der Waals surface area contributed by atoms with Crippen LogP contribution in [0.15, 0.2) is 18.5 Å². The van der Waals surface area contributed by atoms with E-state index in [1.165, 1.54) is 16.9 Å². The molecule has 2 fully saturated rings. The highest BCUT2D eigenvalue weighted by atomic mass is 32.1. The van der Waals surface area contributed by atoms with Crippen molar-refractivity contribution in [2.45, 2.75) is 25.8 Å². The minimum absolute atomic E-state index is 0.0883. The lowest BCUT2D eigenvalue weighted by Crippen LogP contribution is -2.41. The van der Waals surface area contributed by atoms with Crippen LogP contribution in [0.4, 0.5) is 5.00 Å². The second-order valence-corrected chi connectivity index (χ2v) is 11.1. The van der Waals surface area contributed by atoms with Gasteiger partial charge in [0.1, 0.15) is 15.5 Å². The van der Waals surface area contributed by atoms with Gasteiger partial charge in [0.2, 0.25) is 5.91 Å². The first-order chi connectivity index (χ1) is 15.7. The molecule has 6 heterocycles. The van der Waals surface area contributed by atoms with Crippen molar-refractivity contribution < 1.29 is 9.53 Å². The lowest BCUT2D eigenvalue weighted by atomic mass is 9.89. The van der Waals surface area contributed by atoms with Gasteiger partial charge in [-0.3, -0.25) is 9.78 Å². The van der Waals surface area contributed by atoms with E-state index in [4.69, 9.17) is 9.72 Å². The third kappa shape index (κ3) is 3.97. The van der Waals surface area contributed by atoms with Crippen LogP contribution in [-0.4, -0.2) is 60.2 Å². The molecular weight excluding hydrogens is 442 g/mol. The van der Waals surface area contributed by atoms with E-state index in [9.17, 15) is 4.79 Å². The van der Waals surface area contributed by atoms with E-state index in [1.54, 1.807) is 28.9 Å². The van der Waals surface area contributed by atoms with Crippen LogP contribution in [-0.2, 0) is 22.5 Å². The first-order valence-corrected chi connectivity index (χ1v) is 13.0. The fraction of sp³-hybridized carbons (Fsp3) is 0.522. The average Bonchev–Trinajstić information content (AvgIpc) is 3.52. The molecule has 2 saturated heterocycles. The van der Waals surface area contributed by atoms with Crippen molar-refractivity contribution in [1.82, 2.24) is 20.2 Å². The number of rotatable bonds is 5. The maximum absolute atomic E-state index is 13.0. The van der Waals surface area contributed by atoms with E-state index in [-0.39, 0.29) is 5.91 Å². The predicted octanol–water partition coefficient (Wildman–Crippen LogP) is 3.36. The molecule has 2 unspecified atom stereocenters. The number of likely N-dealkylation sites (tertiary alicyclic amines) is 1. The third-order valence-electron chi connectivity index (χ3n) is 6.88. The number of fused-ring (bicyclic) bond motifs is 3. The lowest BCUT2D eigenvalue weighted by molar-refractivity contribution is -0.116. The van der Waals surface area contributed by atoms with E-state index in [0.717, 1.165) is 84.1 Å².